The van der Waals surface area contributed by atoms with Gasteiger partial charge in [0, 0.05) is 7.11 Å². The van der Waals surface area contributed by atoms with Crippen LogP contribution in [0.15, 0.2) is 99.6 Å². The van der Waals surface area contributed by atoms with E-state index in [1.54, 1.807) is 7.11 Å². The third kappa shape index (κ3) is 13.3. The summed E-state index contributed by atoms with van der Waals surface area (Å²) in [5, 5.41) is 0. The number of para-hydroxylation sites is 1. The van der Waals surface area contributed by atoms with Gasteiger partial charge < -0.3 is 18.9 Å². The van der Waals surface area contributed by atoms with Gasteiger partial charge in [-0.1, -0.05) is 48.5 Å². The summed E-state index contributed by atoms with van der Waals surface area (Å²) >= 11 is 0. The third-order valence-corrected chi connectivity index (χ3v) is 14.7. The van der Waals surface area contributed by atoms with Crippen LogP contribution in [0.1, 0.15) is 22.3 Å². The fourth-order valence-electron chi connectivity index (χ4n) is 9.11. The Balaban J connectivity index is 0.000000337. The highest BCUT2D eigenvalue weighted by atomic mass is 32.2. The Hall–Kier alpha value is -7.33. The molecule has 0 bridgehead atoms. The molecule has 0 saturated heterocycles. The van der Waals surface area contributed by atoms with E-state index in [2.05, 4.69) is 72.8 Å². The lowest BCUT2D eigenvalue weighted by Crippen LogP contribution is -2.82. The second-order valence-electron chi connectivity index (χ2n) is 17.5. The van der Waals surface area contributed by atoms with Crippen LogP contribution >= 0.6 is 0 Å². The minimum Gasteiger partial charge on any atom is -0.486 e. The molecular formula is C53H29BF28O4S. The second kappa shape index (κ2) is 26.6. The van der Waals surface area contributed by atoms with Crippen molar-refractivity contribution in [2.24, 2.45) is 0 Å². The number of hydrogen-bond donors (Lipinski definition) is 0. The van der Waals surface area contributed by atoms with Gasteiger partial charge in [0.25, 0.3) is 0 Å². The van der Waals surface area contributed by atoms with Gasteiger partial charge in [-0.3, -0.25) is 0 Å². The molecule has 0 N–H and O–H groups in total. The third-order valence-electron chi connectivity index (χ3n) is 12.4. The van der Waals surface area contributed by atoms with Gasteiger partial charge in [0.15, 0.2) is 85.3 Å². The number of methoxy groups -OCH3 is 1. The fraction of sp³-hybridized carbons (Fsp3) is 0.208. The zero-order valence-electron chi connectivity index (χ0n) is 42.5. The Kier molecular flexibility index (Phi) is 21.0. The van der Waals surface area contributed by atoms with Crippen LogP contribution in [0.4, 0.5) is 123 Å². The van der Waals surface area contributed by atoms with E-state index in [-0.39, 0.29) is 10.9 Å². The molecule has 0 unspecified atom stereocenters. The summed E-state index contributed by atoms with van der Waals surface area (Å²) in [6.45, 7) is 3.32. The van der Waals surface area contributed by atoms with Crippen LogP contribution < -0.4 is 26.6 Å². The van der Waals surface area contributed by atoms with E-state index >= 15 is 35.1 Å². The number of ether oxygens (including phenoxy) is 4. The van der Waals surface area contributed by atoms with Crippen molar-refractivity contribution in [1.82, 2.24) is 0 Å². The summed E-state index contributed by atoms with van der Waals surface area (Å²) in [7, 11) is 1.42. The van der Waals surface area contributed by atoms with Crippen LogP contribution in [-0.2, 0) is 49.8 Å². The van der Waals surface area contributed by atoms with E-state index in [1.807, 2.05) is 12.1 Å². The summed E-state index contributed by atoms with van der Waals surface area (Å²) in [5.41, 5.74) is -38.1. The Bertz CT molecular complexity index is 3280. The number of rotatable bonds is 17. The first-order chi connectivity index (χ1) is 40.4. The van der Waals surface area contributed by atoms with Crippen molar-refractivity contribution in [3.8, 4) is 5.75 Å². The lowest BCUT2D eigenvalue weighted by Gasteiger charge is -2.49. The van der Waals surface area contributed by atoms with E-state index in [9.17, 15) is 87.8 Å². The van der Waals surface area contributed by atoms with Crippen LogP contribution in [0.2, 0.25) is 0 Å². The zero-order valence-corrected chi connectivity index (χ0v) is 43.3. The van der Waals surface area contributed by atoms with Crippen molar-refractivity contribution in [3.63, 3.8) is 0 Å². The largest absolute Gasteiger partial charge is 0.486 e. The summed E-state index contributed by atoms with van der Waals surface area (Å²) in [6.07, 6.45) is -39.5. The maximum Gasteiger partial charge on any atom is 0.416 e. The van der Waals surface area contributed by atoms with E-state index in [0.29, 0.717) is 39.6 Å². The van der Waals surface area contributed by atoms with E-state index < -0.39 is 168 Å². The molecule has 34 heteroatoms. The highest BCUT2D eigenvalue weighted by Crippen LogP contribution is 2.44. The topological polar surface area (TPSA) is 36.9 Å². The minimum absolute atomic E-state index is 0.237. The minimum atomic E-state index is -8.89. The summed E-state index contributed by atoms with van der Waals surface area (Å²) in [4.78, 5) is 3.71. The number of alkyl halides is 12. The normalized spacial score (nSPS) is 12.5. The standard InChI is InChI=1S/C28BF28.C25H29O4S/c30-9-1(25(46,47)48)5(13(34)21(42)17(9)38)29(6-2(26(49,50)51)10(31)18(39)22(43)14(6)35,7-3(27(52,53)54)11(32)19(40)23(44)15(7)36)8-4(28(55,56)57)12(33)20(41)24(45)16(8)37;1-26-16-17-27-18-19-28-20-21-29-24-14-8-9-15-25(24)30(22-10-4-2-5-11-22)23-12-6-3-7-13-23/h;2-15H,16-21H2,1H3/q-1;+1. The summed E-state index contributed by atoms with van der Waals surface area (Å²) in [5.74, 6) is -68.9. The van der Waals surface area contributed by atoms with Crippen molar-refractivity contribution in [2.45, 2.75) is 39.4 Å². The molecule has 0 aliphatic heterocycles. The van der Waals surface area contributed by atoms with Crippen LogP contribution in [0.3, 0.4) is 0 Å². The maximum absolute atomic E-state index is 16.0. The average Bonchev–Trinajstić information content (AvgIpc) is 0.670. The lowest BCUT2D eigenvalue weighted by atomic mass is 9.11. The molecule has 0 heterocycles. The highest BCUT2D eigenvalue weighted by Gasteiger charge is 2.60. The molecule has 0 radical (unpaired) electrons. The van der Waals surface area contributed by atoms with Crippen LogP contribution in [0.25, 0.3) is 0 Å². The molecule has 0 spiro atoms. The van der Waals surface area contributed by atoms with E-state index in [1.165, 1.54) is 14.7 Å². The summed E-state index contributed by atoms with van der Waals surface area (Å²) < 4.78 is 439. The smallest absolute Gasteiger partial charge is 0.416 e. The van der Waals surface area contributed by atoms with Gasteiger partial charge in [0.2, 0.25) is 4.90 Å². The van der Waals surface area contributed by atoms with Crippen LogP contribution in [-0.4, -0.2) is 52.9 Å². The van der Waals surface area contributed by atoms with E-state index in [4.69, 9.17) is 18.9 Å². The molecule has 4 nitrogen and oxygen atoms in total. The Morgan fingerprint density at radius 1 is 0.310 bits per heavy atom. The van der Waals surface area contributed by atoms with Crippen molar-refractivity contribution in [2.75, 3.05) is 46.8 Å². The molecule has 0 saturated carbocycles. The van der Waals surface area contributed by atoms with E-state index in [0.717, 1.165) is 5.75 Å². The van der Waals surface area contributed by atoms with Crippen molar-refractivity contribution >= 4 is 38.9 Å². The molecule has 87 heavy (non-hydrogen) atoms. The van der Waals surface area contributed by atoms with Crippen LogP contribution in [0, 0.1) is 93.1 Å². The average molecular weight is 1300 g/mol. The Morgan fingerprint density at radius 3 is 0.851 bits per heavy atom. The Morgan fingerprint density at radius 2 is 0.563 bits per heavy atom. The number of benzene rings is 7. The SMILES string of the molecule is COCCOCCOCCOc1ccccc1[S+](c1ccccc1)c1ccccc1.Fc1c(F)c(F)c(C(F)(F)F)c([B-](c2c(F)c(F)c(F)c(F)c2C(F)(F)F)(c2c(F)c(F)c(F)c(F)c2C(F)(F)F)c2c(F)c(F)c(F)c(F)c2C(F)(F)F)c1F. The Labute approximate surface area is 472 Å². The molecule has 470 valence electrons. The van der Waals surface area contributed by atoms with Crippen LogP contribution in [0.5, 0.6) is 5.75 Å². The molecule has 0 aromatic heterocycles. The molecule has 0 fully saturated rings. The first-order valence-electron chi connectivity index (χ1n) is 23.6. The monoisotopic (exact) mass is 1300 g/mol. The molecule has 0 aliphatic carbocycles. The fourth-order valence-corrected chi connectivity index (χ4v) is 11.3. The van der Waals surface area contributed by atoms with Gasteiger partial charge in [-0.25, -0.2) is 70.2 Å². The molecule has 0 amide bonds. The number of halogens is 28. The molecule has 0 aliphatic rings. The molecule has 7 aromatic carbocycles. The van der Waals surface area contributed by atoms with Gasteiger partial charge in [0.05, 0.1) is 55.3 Å². The van der Waals surface area contributed by atoms with Crippen molar-refractivity contribution < 1.29 is 142 Å². The highest BCUT2D eigenvalue weighted by molar-refractivity contribution is 7.97. The number of hydrogen-bond acceptors (Lipinski definition) is 4. The predicted octanol–water partition coefficient (Wildman–Crippen LogP) is 14.2. The van der Waals surface area contributed by atoms with Crippen molar-refractivity contribution in [1.29, 1.82) is 0 Å². The zero-order chi connectivity index (χ0) is 65.2. The van der Waals surface area contributed by atoms with Gasteiger partial charge in [-0.05, 0) is 36.4 Å². The molecular weight excluding hydrogens is 1280 g/mol. The predicted molar refractivity (Wildman–Crippen MR) is 250 cm³/mol. The molecule has 7 aromatic rings. The quantitative estimate of drug-likeness (QED) is 0.0227. The second-order valence-corrected chi connectivity index (χ2v) is 19.5. The van der Waals surface area contributed by atoms with Crippen molar-refractivity contribution in [3.05, 3.63) is 200 Å². The molecule has 7 rings (SSSR count). The van der Waals surface area contributed by atoms with Gasteiger partial charge in [-0.15, -0.1) is 21.9 Å². The van der Waals surface area contributed by atoms with Gasteiger partial charge >= 0.3 is 24.7 Å². The lowest BCUT2D eigenvalue weighted by molar-refractivity contribution is -0.140. The van der Waals surface area contributed by atoms with Gasteiger partial charge in [0.1, 0.15) is 46.9 Å². The van der Waals surface area contributed by atoms with Gasteiger partial charge in [-0.2, -0.15) is 52.7 Å². The summed E-state index contributed by atoms with van der Waals surface area (Å²) in [6, 6.07) is 29.5. The molecule has 0 atom stereocenters. The first-order valence-corrected chi connectivity index (χ1v) is 24.8. The maximum atomic E-state index is 16.0. The first kappa shape index (κ1) is 68.8.